The molecule has 1 aliphatic carbocycles. The predicted octanol–water partition coefficient (Wildman–Crippen LogP) is 2.06. The first-order valence-corrected chi connectivity index (χ1v) is 7.70. The molecule has 1 atom stereocenters. The number of halogens is 2. The quantitative estimate of drug-likeness (QED) is 0.765. The molecule has 0 amide bonds. The van der Waals surface area contributed by atoms with Crippen molar-refractivity contribution in [1.29, 1.82) is 0 Å². The van der Waals surface area contributed by atoms with Crippen LogP contribution in [0.1, 0.15) is 19.3 Å². The summed E-state index contributed by atoms with van der Waals surface area (Å²) in [5, 5.41) is 3.33. The highest BCUT2D eigenvalue weighted by atomic mass is 32.2. The molecule has 2 nitrogen and oxygen atoms in total. The summed E-state index contributed by atoms with van der Waals surface area (Å²) in [6, 6.07) is 0. The number of nitrogens with one attached hydrogen (secondary N) is 1. The van der Waals surface area contributed by atoms with Crippen LogP contribution >= 0.6 is 11.8 Å². The summed E-state index contributed by atoms with van der Waals surface area (Å²) in [4.78, 5) is 2.45. The van der Waals surface area contributed by atoms with Crippen molar-refractivity contribution in [3.63, 3.8) is 0 Å². The molecule has 1 unspecified atom stereocenters. The highest BCUT2D eigenvalue weighted by molar-refractivity contribution is 7.99. The molecule has 1 aliphatic heterocycles. The molecule has 5 heteroatoms. The van der Waals surface area contributed by atoms with Crippen molar-refractivity contribution >= 4 is 11.8 Å². The van der Waals surface area contributed by atoms with Crippen LogP contribution in [-0.2, 0) is 0 Å². The summed E-state index contributed by atoms with van der Waals surface area (Å²) in [6.45, 7) is 5.11. The lowest BCUT2D eigenvalue weighted by atomic mass is 10.1. The average molecular weight is 264 g/mol. The monoisotopic (exact) mass is 264 g/mol. The van der Waals surface area contributed by atoms with Gasteiger partial charge in [0.2, 0.25) is 5.92 Å². The molecule has 0 aromatic rings. The molecule has 0 radical (unpaired) electrons. The van der Waals surface area contributed by atoms with Gasteiger partial charge in [-0.15, -0.1) is 0 Å². The maximum Gasteiger partial charge on any atom is 0.248 e. The topological polar surface area (TPSA) is 15.3 Å². The summed E-state index contributed by atoms with van der Waals surface area (Å²) in [5.74, 6) is 0.252. The van der Waals surface area contributed by atoms with E-state index in [1.807, 2.05) is 11.8 Å². The SMILES string of the molecule is FC1(F)CCC(CNCCN2CCSCC2)C1. The first-order chi connectivity index (χ1) is 8.16. The van der Waals surface area contributed by atoms with Gasteiger partial charge in [0.05, 0.1) is 0 Å². The number of alkyl halides is 2. The van der Waals surface area contributed by atoms with Gasteiger partial charge in [0.15, 0.2) is 0 Å². The van der Waals surface area contributed by atoms with E-state index < -0.39 is 5.92 Å². The molecule has 100 valence electrons. The van der Waals surface area contributed by atoms with Crippen molar-refractivity contribution in [2.45, 2.75) is 25.2 Å². The summed E-state index contributed by atoms with van der Waals surface area (Å²) in [6.07, 6.45) is 0.851. The lowest BCUT2D eigenvalue weighted by Gasteiger charge is -2.26. The van der Waals surface area contributed by atoms with Crippen LogP contribution in [0.4, 0.5) is 8.78 Å². The Bertz CT molecular complexity index is 233. The highest BCUT2D eigenvalue weighted by Gasteiger charge is 2.38. The first-order valence-electron chi connectivity index (χ1n) is 6.54. The largest absolute Gasteiger partial charge is 0.315 e. The van der Waals surface area contributed by atoms with E-state index in [1.54, 1.807) is 0 Å². The van der Waals surface area contributed by atoms with Gasteiger partial charge in [-0.2, -0.15) is 11.8 Å². The smallest absolute Gasteiger partial charge is 0.248 e. The minimum atomic E-state index is -2.39. The lowest BCUT2D eigenvalue weighted by molar-refractivity contribution is 0.00508. The molecule has 1 saturated carbocycles. The minimum Gasteiger partial charge on any atom is -0.315 e. The summed E-state index contributed by atoms with van der Waals surface area (Å²) < 4.78 is 25.9. The molecule has 1 heterocycles. The van der Waals surface area contributed by atoms with Crippen LogP contribution in [0, 0.1) is 5.92 Å². The van der Waals surface area contributed by atoms with E-state index >= 15 is 0 Å². The van der Waals surface area contributed by atoms with Gasteiger partial charge >= 0.3 is 0 Å². The fourth-order valence-corrected chi connectivity index (χ4v) is 3.56. The van der Waals surface area contributed by atoms with Crippen molar-refractivity contribution in [3.8, 4) is 0 Å². The predicted molar refractivity (Wildman–Crippen MR) is 68.9 cm³/mol. The van der Waals surface area contributed by atoms with Gasteiger partial charge < -0.3 is 10.2 Å². The zero-order valence-electron chi connectivity index (χ0n) is 10.3. The molecule has 2 aliphatic rings. The van der Waals surface area contributed by atoms with Gasteiger partial charge in [0, 0.05) is 50.5 Å². The van der Waals surface area contributed by atoms with Gasteiger partial charge in [-0.1, -0.05) is 0 Å². The fraction of sp³-hybridized carbons (Fsp3) is 1.00. The Morgan fingerprint density at radius 1 is 1.29 bits per heavy atom. The van der Waals surface area contributed by atoms with Crippen LogP contribution in [0.3, 0.4) is 0 Å². The number of thioether (sulfide) groups is 1. The third kappa shape index (κ3) is 4.72. The molecular weight excluding hydrogens is 242 g/mol. The molecule has 1 saturated heterocycles. The Labute approximate surface area is 107 Å². The van der Waals surface area contributed by atoms with Gasteiger partial charge in [-0.3, -0.25) is 0 Å². The molecular formula is C12H22F2N2S. The summed E-state index contributed by atoms with van der Waals surface area (Å²) in [5.41, 5.74) is 0. The molecule has 1 N–H and O–H groups in total. The van der Waals surface area contributed by atoms with Gasteiger partial charge in [-0.25, -0.2) is 8.78 Å². The summed E-state index contributed by atoms with van der Waals surface area (Å²) in [7, 11) is 0. The Morgan fingerprint density at radius 2 is 2.06 bits per heavy atom. The second-order valence-corrected chi connectivity index (χ2v) is 6.35. The van der Waals surface area contributed by atoms with E-state index in [1.165, 1.54) is 24.6 Å². The lowest BCUT2D eigenvalue weighted by Crippen LogP contribution is -2.38. The van der Waals surface area contributed by atoms with Crippen LogP contribution in [-0.4, -0.2) is 55.1 Å². The molecule has 0 aromatic carbocycles. The highest BCUT2D eigenvalue weighted by Crippen LogP contribution is 2.38. The Hall–Kier alpha value is 0.130. The standard InChI is InChI=1S/C12H22F2N2S/c13-12(14)2-1-11(9-12)10-15-3-4-16-5-7-17-8-6-16/h11,15H,1-10H2. The first kappa shape index (κ1) is 13.6. The van der Waals surface area contributed by atoms with Crippen molar-refractivity contribution in [3.05, 3.63) is 0 Å². The molecule has 0 spiro atoms. The van der Waals surface area contributed by atoms with Gasteiger partial charge in [0.1, 0.15) is 0 Å². The second-order valence-electron chi connectivity index (χ2n) is 5.12. The molecule has 17 heavy (non-hydrogen) atoms. The van der Waals surface area contributed by atoms with Crippen LogP contribution in [0.15, 0.2) is 0 Å². The van der Waals surface area contributed by atoms with Gasteiger partial charge in [0.25, 0.3) is 0 Å². The molecule has 0 bridgehead atoms. The Morgan fingerprint density at radius 3 is 2.71 bits per heavy atom. The van der Waals surface area contributed by atoms with Crippen molar-refractivity contribution in [2.24, 2.45) is 5.92 Å². The van der Waals surface area contributed by atoms with E-state index in [9.17, 15) is 8.78 Å². The number of hydrogen-bond acceptors (Lipinski definition) is 3. The number of hydrogen-bond donors (Lipinski definition) is 1. The van der Waals surface area contributed by atoms with Crippen molar-refractivity contribution in [1.82, 2.24) is 10.2 Å². The molecule has 2 rings (SSSR count). The zero-order chi connectivity index (χ0) is 12.1. The van der Waals surface area contributed by atoms with Crippen LogP contribution < -0.4 is 5.32 Å². The Balaban J connectivity index is 1.51. The average Bonchev–Trinajstić information content (AvgIpc) is 2.66. The second kappa shape index (κ2) is 6.34. The van der Waals surface area contributed by atoms with E-state index in [0.717, 1.165) is 19.6 Å². The third-order valence-corrected chi connectivity index (χ3v) is 4.59. The zero-order valence-corrected chi connectivity index (χ0v) is 11.1. The van der Waals surface area contributed by atoms with Crippen LogP contribution in [0.25, 0.3) is 0 Å². The van der Waals surface area contributed by atoms with Crippen molar-refractivity contribution < 1.29 is 8.78 Å². The van der Waals surface area contributed by atoms with E-state index in [-0.39, 0.29) is 18.8 Å². The normalized spacial score (nSPS) is 29.6. The fourth-order valence-electron chi connectivity index (χ4n) is 2.58. The van der Waals surface area contributed by atoms with Gasteiger partial charge in [-0.05, 0) is 18.9 Å². The molecule has 2 fully saturated rings. The van der Waals surface area contributed by atoms with E-state index in [0.29, 0.717) is 6.42 Å². The minimum absolute atomic E-state index is 0.0837. The maximum absolute atomic E-state index is 13.0. The summed E-state index contributed by atoms with van der Waals surface area (Å²) >= 11 is 2.01. The third-order valence-electron chi connectivity index (χ3n) is 3.65. The van der Waals surface area contributed by atoms with E-state index in [2.05, 4.69) is 10.2 Å². The van der Waals surface area contributed by atoms with Crippen LogP contribution in [0.5, 0.6) is 0 Å². The van der Waals surface area contributed by atoms with Crippen molar-refractivity contribution in [2.75, 3.05) is 44.2 Å². The van der Waals surface area contributed by atoms with Crippen LogP contribution in [0.2, 0.25) is 0 Å². The number of nitrogens with zero attached hydrogens (tertiary/aromatic N) is 1. The molecule has 0 aromatic heterocycles. The van der Waals surface area contributed by atoms with E-state index in [4.69, 9.17) is 0 Å². The number of rotatable bonds is 5. The maximum atomic E-state index is 13.0. The Kier molecular flexibility index (Phi) is 5.06.